The second-order valence-corrected chi connectivity index (χ2v) is 4.78. The zero-order chi connectivity index (χ0) is 14.2. The summed E-state index contributed by atoms with van der Waals surface area (Å²) in [6.07, 6.45) is 3.13. The lowest BCUT2D eigenvalue weighted by atomic mass is 10.2. The Morgan fingerprint density at radius 1 is 1.33 bits per heavy atom. The fourth-order valence-corrected chi connectivity index (χ4v) is 2.00. The van der Waals surface area contributed by atoms with Crippen molar-refractivity contribution in [2.45, 2.75) is 32.7 Å². The van der Waals surface area contributed by atoms with Crippen molar-refractivity contribution in [3.63, 3.8) is 0 Å². The van der Waals surface area contributed by atoms with Crippen LogP contribution in [0.1, 0.15) is 31.7 Å². The Morgan fingerprint density at radius 2 is 2.14 bits per heavy atom. The largest absolute Gasteiger partial charge is 0.490 e. The van der Waals surface area contributed by atoms with Gasteiger partial charge in [0.05, 0.1) is 19.8 Å². The van der Waals surface area contributed by atoms with Gasteiger partial charge < -0.3 is 20.5 Å². The fraction of sp³-hybridized carbons (Fsp3) is 0.533. The Morgan fingerprint density at radius 3 is 2.95 bits per heavy atom. The van der Waals surface area contributed by atoms with Crippen LogP contribution in [0, 0.1) is 0 Å². The molecule has 1 aliphatic heterocycles. The molecule has 1 aromatic carbocycles. The van der Waals surface area contributed by atoms with Gasteiger partial charge >= 0.3 is 0 Å². The highest BCUT2D eigenvalue weighted by atomic mass is 127. The van der Waals surface area contributed by atoms with Crippen LogP contribution < -0.4 is 20.5 Å². The van der Waals surface area contributed by atoms with Crippen molar-refractivity contribution in [2.75, 3.05) is 19.8 Å². The average Bonchev–Trinajstić information content (AvgIpc) is 2.71. The number of guanidine groups is 1. The lowest BCUT2D eigenvalue weighted by molar-refractivity contribution is 0.296. The Kier molecular flexibility index (Phi) is 8.26. The van der Waals surface area contributed by atoms with Gasteiger partial charge in [-0.05, 0) is 12.5 Å². The molecule has 0 aliphatic carbocycles. The van der Waals surface area contributed by atoms with E-state index in [1.54, 1.807) is 0 Å². The molecule has 0 spiro atoms. The first kappa shape index (κ1) is 17.9. The molecule has 0 saturated heterocycles. The number of nitrogens with zero attached hydrogens (tertiary/aromatic N) is 1. The molecule has 0 saturated carbocycles. The number of unbranched alkanes of at least 4 members (excludes halogenated alkanes) is 1. The smallest absolute Gasteiger partial charge is 0.188 e. The van der Waals surface area contributed by atoms with Crippen LogP contribution >= 0.6 is 24.0 Å². The minimum absolute atomic E-state index is 0. The van der Waals surface area contributed by atoms with E-state index < -0.39 is 0 Å². The van der Waals surface area contributed by atoms with E-state index >= 15 is 0 Å². The van der Waals surface area contributed by atoms with Gasteiger partial charge in [-0.3, -0.25) is 0 Å². The maximum Gasteiger partial charge on any atom is 0.188 e. The summed E-state index contributed by atoms with van der Waals surface area (Å²) in [4.78, 5) is 4.35. The van der Waals surface area contributed by atoms with E-state index in [1.165, 1.54) is 0 Å². The summed E-state index contributed by atoms with van der Waals surface area (Å²) in [5, 5.41) is 3.10. The lowest BCUT2D eigenvalue weighted by Crippen LogP contribution is -2.32. The molecule has 0 unspecified atom stereocenters. The van der Waals surface area contributed by atoms with Crippen LogP contribution in [0.4, 0.5) is 0 Å². The summed E-state index contributed by atoms with van der Waals surface area (Å²) in [6, 6.07) is 5.88. The van der Waals surface area contributed by atoms with Crippen molar-refractivity contribution in [1.82, 2.24) is 5.32 Å². The normalized spacial score (nSPS) is 14.0. The van der Waals surface area contributed by atoms with Crippen LogP contribution in [0.5, 0.6) is 11.5 Å². The molecule has 118 valence electrons. The Bertz CT molecular complexity index is 466. The Hall–Kier alpha value is -1.18. The van der Waals surface area contributed by atoms with Crippen LogP contribution in [0.2, 0.25) is 0 Å². The molecule has 1 aromatic rings. The second kappa shape index (κ2) is 9.70. The van der Waals surface area contributed by atoms with Crippen molar-refractivity contribution in [2.24, 2.45) is 10.7 Å². The summed E-state index contributed by atoms with van der Waals surface area (Å²) in [5.74, 6) is 2.08. The highest BCUT2D eigenvalue weighted by Gasteiger charge is 2.13. The molecule has 0 aromatic heterocycles. The molecule has 0 radical (unpaired) electrons. The van der Waals surface area contributed by atoms with Gasteiger partial charge in [0.25, 0.3) is 0 Å². The molecule has 1 heterocycles. The number of halogens is 1. The average molecular weight is 405 g/mol. The van der Waals surface area contributed by atoms with Gasteiger partial charge in [-0.1, -0.05) is 25.5 Å². The molecule has 5 nitrogen and oxygen atoms in total. The molecular weight excluding hydrogens is 381 g/mol. The number of para-hydroxylation sites is 1. The van der Waals surface area contributed by atoms with Crippen molar-refractivity contribution in [3.05, 3.63) is 23.8 Å². The first-order chi connectivity index (χ1) is 9.81. The SMILES string of the molecule is CCCCNC(N)=NCc1cccc2c1OCCCO2.I. The van der Waals surface area contributed by atoms with Crippen molar-refractivity contribution >= 4 is 29.9 Å². The Balaban J connectivity index is 0.00000220. The third kappa shape index (κ3) is 5.61. The molecule has 3 N–H and O–H groups in total. The predicted octanol–water partition coefficient (Wildman–Crippen LogP) is 2.67. The monoisotopic (exact) mass is 405 g/mol. The third-order valence-corrected chi connectivity index (χ3v) is 3.11. The molecular formula is C15H24IN3O2. The summed E-state index contributed by atoms with van der Waals surface area (Å²) < 4.78 is 11.4. The molecule has 0 amide bonds. The van der Waals surface area contributed by atoms with Crippen molar-refractivity contribution < 1.29 is 9.47 Å². The first-order valence-corrected chi connectivity index (χ1v) is 7.22. The molecule has 21 heavy (non-hydrogen) atoms. The minimum Gasteiger partial charge on any atom is -0.490 e. The van der Waals surface area contributed by atoms with Gasteiger partial charge in [-0.2, -0.15) is 0 Å². The quantitative estimate of drug-likeness (QED) is 0.342. The third-order valence-electron chi connectivity index (χ3n) is 3.11. The maximum absolute atomic E-state index is 5.84. The fourth-order valence-electron chi connectivity index (χ4n) is 2.00. The number of benzene rings is 1. The first-order valence-electron chi connectivity index (χ1n) is 7.22. The van der Waals surface area contributed by atoms with Crippen LogP contribution in [-0.4, -0.2) is 25.7 Å². The summed E-state index contributed by atoms with van der Waals surface area (Å²) >= 11 is 0. The lowest BCUT2D eigenvalue weighted by Gasteiger charge is -2.11. The minimum atomic E-state index is 0. The van der Waals surface area contributed by atoms with Gasteiger partial charge in [0.15, 0.2) is 17.5 Å². The number of nitrogens with two attached hydrogens (primary N) is 1. The zero-order valence-corrected chi connectivity index (χ0v) is 14.8. The highest BCUT2D eigenvalue weighted by Crippen LogP contribution is 2.33. The maximum atomic E-state index is 5.84. The van der Waals surface area contributed by atoms with E-state index in [-0.39, 0.29) is 24.0 Å². The molecule has 2 rings (SSSR count). The zero-order valence-electron chi connectivity index (χ0n) is 12.4. The van der Waals surface area contributed by atoms with E-state index in [9.17, 15) is 0 Å². The number of nitrogens with one attached hydrogen (secondary N) is 1. The summed E-state index contributed by atoms with van der Waals surface area (Å²) in [5.41, 5.74) is 6.84. The number of hydrogen-bond acceptors (Lipinski definition) is 3. The molecule has 6 heteroatoms. The van der Waals surface area contributed by atoms with Crippen molar-refractivity contribution in [1.29, 1.82) is 0 Å². The number of rotatable bonds is 5. The van der Waals surface area contributed by atoms with E-state index in [1.807, 2.05) is 18.2 Å². The number of hydrogen-bond donors (Lipinski definition) is 2. The topological polar surface area (TPSA) is 68.9 Å². The van der Waals surface area contributed by atoms with Crippen molar-refractivity contribution in [3.8, 4) is 11.5 Å². The van der Waals surface area contributed by atoms with E-state index in [4.69, 9.17) is 15.2 Å². The molecule has 0 atom stereocenters. The summed E-state index contributed by atoms with van der Waals surface area (Å²) in [6.45, 7) is 4.87. The standard InChI is InChI=1S/C15H23N3O2.HI/c1-2-3-8-17-15(16)18-11-12-6-4-7-13-14(12)20-10-5-9-19-13;/h4,6-7H,2-3,5,8-11H2,1H3,(H3,16,17,18);1H. The molecule has 0 fully saturated rings. The second-order valence-electron chi connectivity index (χ2n) is 4.78. The van der Waals surface area contributed by atoms with E-state index in [2.05, 4.69) is 17.2 Å². The van der Waals surface area contributed by atoms with Gasteiger partial charge in [-0.15, -0.1) is 24.0 Å². The number of ether oxygens (including phenoxy) is 2. The predicted molar refractivity (Wildman–Crippen MR) is 95.7 cm³/mol. The Labute approximate surface area is 143 Å². The van der Waals surface area contributed by atoms with Crippen LogP contribution in [-0.2, 0) is 6.54 Å². The molecule has 0 bridgehead atoms. The van der Waals surface area contributed by atoms with Crippen LogP contribution in [0.25, 0.3) is 0 Å². The summed E-state index contributed by atoms with van der Waals surface area (Å²) in [7, 11) is 0. The van der Waals surface area contributed by atoms with Gasteiger partial charge in [0, 0.05) is 18.5 Å². The van der Waals surface area contributed by atoms with Crippen LogP contribution in [0.3, 0.4) is 0 Å². The molecule has 1 aliphatic rings. The van der Waals surface area contributed by atoms with Gasteiger partial charge in [0.2, 0.25) is 0 Å². The highest BCUT2D eigenvalue weighted by molar-refractivity contribution is 14.0. The van der Waals surface area contributed by atoms with Crippen LogP contribution in [0.15, 0.2) is 23.2 Å². The number of fused-ring (bicyclic) bond motifs is 1. The van der Waals surface area contributed by atoms with E-state index in [0.717, 1.165) is 42.9 Å². The van der Waals surface area contributed by atoms with Gasteiger partial charge in [-0.25, -0.2) is 4.99 Å². The van der Waals surface area contributed by atoms with Gasteiger partial charge in [0.1, 0.15) is 0 Å². The van der Waals surface area contributed by atoms with E-state index in [0.29, 0.717) is 25.7 Å². The number of aliphatic imine (C=N–C) groups is 1.